The Bertz CT molecular complexity index is 972. The summed E-state index contributed by atoms with van der Waals surface area (Å²) in [5.74, 6) is 2.04. The van der Waals surface area contributed by atoms with E-state index < -0.39 is 0 Å². The van der Waals surface area contributed by atoms with E-state index >= 15 is 0 Å². The van der Waals surface area contributed by atoms with Crippen LogP contribution >= 0.6 is 0 Å². The first kappa shape index (κ1) is 18.5. The first-order chi connectivity index (χ1) is 13.6. The van der Waals surface area contributed by atoms with Gasteiger partial charge in [-0.25, -0.2) is 4.98 Å². The molecular weight excluding hydrogens is 350 g/mol. The smallest absolute Gasteiger partial charge is 0.157 e. The van der Waals surface area contributed by atoms with E-state index in [2.05, 4.69) is 28.7 Å². The van der Waals surface area contributed by atoms with E-state index in [1.165, 1.54) is 5.56 Å². The largest absolute Gasteiger partial charge is 0.489 e. The molecule has 0 radical (unpaired) electrons. The topological polar surface area (TPSA) is 68.7 Å². The van der Waals surface area contributed by atoms with E-state index in [-0.39, 0.29) is 0 Å². The first-order valence-electron chi connectivity index (χ1n) is 9.81. The fourth-order valence-electron chi connectivity index (χ4n) is 3.89. The van der Waals surface area contributed by atoms with E-state index in [0.29, 0.717) is 18.3 Å². The summed E-state index contributed by atoms with van der Waals surface area (Å²) in [7, 11) is 0. The molecule has 4 rings (SSSR count). The second-order valence-electron chi connectivity index (χ2n) is 7.42. The third-order valence-corrected chi connectivity index (χ3v) is 5.33. The molecule has 1 aliphatic heterocycles. The Morgan fingerprint density at radius 1 is 1.25 bits per heavy atom. The molecule has 1 aliphatic rings. The highest BCUT2D eigenvalue weighted by Gasteiger charge is 2.23. The van der Waals surface area contributed by atoms with Crippen molar-refractivity contribution in [2.24, 2.45) is 0 Å². The number of ether oxygens (including phenoxy) is 1. The molecule has 6 heteroatoms. The summed E-state index contributed by atoms with van der Waals surface area (Å²) in [6.07, 6.45) is 3.93. The summed E-state index contributed by atoms with van der Waals surface area (Å²) in [6, 6.07) is 12.2. The number of nitrogens with zero attached hydrogens (tertiary/aromatic N) is 4. The molecule has 6 nitrogen and oxygen atoms in total. The van der Waals surface area contributed by atoms with Gasteiger partial charge in [-0.2, -0.15) is 9.61 Å². The maximum atomic E-state index is 6.19. The van der Waals surface area contributed by atoms with Gasteiger partial charge in [0.05, 0.1) is 5.69 Å². The zero-order valence-corrected chi connectivity index (χ0v) is 16.3. The van der Waals surface area contributed by atoms with Crippen molar-refractivity contribution in [3.05, 3.63) is 66.0 Å². The second-order valence-corrected chi connectivity index (χ2v) is 7.42. The van der Waals surface area contributed by atoms with Crippen LogP contribution in [0.25, 0.3) is 5.65 Å². The van der Waals surface area contributed by atoms with Crippen LogP contribution in [0.5, 0.6) is 5.75 Å². The van der Waals surface area contributed by atoms with Gasteiger partial charge in [0.15, 0.2) is 5.65 Å². The molecule has 0 saturated carbocycles. The molecule has 0 spiro atoms. The van der Waals surface area contributed by atoms with Gasteiger partial charge in [-0.3, -0.25) is 4.90 Å². The number of benzene rings is 1. The SMILES string of the molecule is C=CCOc1ccccc1CN1CCC(c2cc(N)n3nc(C)cc3n2)CC1. The molecule has 3 heterocycles. The van der Waals surface area contributed by atoms with Gasteiger partial charge in [-0.05, 0) is 38.9 Å². The van der Waals surface area contributed by atoms with Crippen molar-refractivity contribution in [3.63, 3.8) is 0 Å². The molecule has 1 aromatic carbocycles. The van der Waals surface area contributed by atoms with Crippen molar-refractivity contribution >= 4 is 11.5 Å². The molecule has 0 aliphatic carbocycles. The molecule has 0 bridgehead atoms. The van der Waals surface area contributed by atoms with Gasteiger partial charge >= 0.3 is 0 Å². The number of aromatic nitrogens is 3. The second kappa shape index (κ2) is 8.02. The number of nitrogens with two attached hydrogens (primary N) is 1. The number of hydrogen-bond acceptors (Lipinski definition) is 5. The van der Waals surface area contributed by atoms with Crippen LogP contribution in [0, 0.1) is 6.92 Å². The summed E-state index contributed by atoms with van der Waals surface area (Å²) in [5.41, 5.74) is 10.3. The predicted octanol–water partition coefficient (Wildman–Crippen LogP) is 3.56. The first-order valence-corrected chi connectivity index (χ1v) is 9.81. The molecule has 1 fully saturated rings. The minimum Gasteiger partial charge on any atom is -0.489 e. The lowest BCUT2D eigenvalue weighted by Gasteiger charge is -2.32. The summed E-state index contributed by atoms with van der Waals surface area (Å²) in [5, 5.41) is 4.39. The number of rotatable bonds is 6. The van der Waals surface area contributed by atoms with Gasteiger partial charge in [0.1, 0.15) is 18.2 Å². The average Bonchev–Trinajstić information content (AvgIpc) is 3.09. The van der Waals surface area contributed by atoms with Gasteiger partial charge in [0, 0.05) is 35.9 Å². The van der Waals surface area contributed by atoms with Crippen LogP contribution in [0.1, 0.15) is 35.7 Å². The van der Waals surface area contributed by atoms with Crippen molar-refractivity contribution in [2.45, 2.75) is 32.2 Å². The van der Waals surface area contributed by atoms with Crippen LogP contribution in [0.2, 0.25) is 0 Å². The Hall–Kier alpha value is -2.86. The predicted molar refractivity (Wildman–Crippen MR) is 112 cm³/mol. The van der Waals surface area contributed by atoms with Crippen LogP contribution in [0.3, 0.4) is 0 Å². The van der Waals surface area contributed by atoms with Crippen LogP contribution in [0.4, 0.5) is 5.82 Å². The molecule has 0 unspecified atom stereocenters. The molecule has 2 aromatic heterocycles. The van der Waals surface area contributed by atoms with Gasteiger partial charge in [-0.15, -0.1) is 0 Å². The molecule has 2 N–H and O–H groups in total. The Kier molecular flexibility index (Phi) is 5.30. The number of fused-ring (bicyclic) bond motifs is 1. The number of likely N-dealkylation sites (tertiary alicyclic amines) is 1. The zero-order chi connectivity index (χ0) is 19.5. The third kappa shape index (κ3) is 3.87. The van der Waals surface area contributed by atoms with Crippen molar-refractivity contribution in [3.8, 4) is 5.75 Å². The number of aryl methyl sites for hydroxylation is 1. The lowest BCUT2D eigenvalue weighted by molar-refractivity contribution is 0.200. The average molecular weight is 377 g/mol. The summed E-state index contributed by atoms with van der Waals surface area (Å²) < 4.78 is 7.51. The molecule has 0 atom stereocenters. The number of para-hydroxylation sites is 1. The highest BCUT2D eigenvalue weighted by Crippen LogP contribution is 2.30. The van der Waals surface area contributed by atoms with Crippen molar-refractivity contribution < 1.29 is 4.74 Å². The van der Waals surface area contributed by atoms with Crippen molar-refractivity contribution in [1.82, 2.24) is 19.5 Å². The molecule has 0 amide bonds. The number of nitrogen functional groups attached to an aromatic ring is 1. The molecule has 28 heavy (non-hydrogen) atoms. The lowest BCUT2D eigenvalue weighted by atomic mass is 9.93. The monoisotopic (exact) mass is 377 g/mol. The Labute approximate surface area is 165 Å². The molecule has 146 valence electrons. The normalized spacial score (nSPS) is 15.8. The van der Waals surface area contributed by atoms with Gasteiger partial charge in [0.2, 0.25) is 0 Å². The minimum absolute atomic E-state index is 0.436. The standard InChI is InChI=1S/C22H27N5O/c1-3-12-28-20-7-5-4-6-18(20)15-26-10-8-17(9-11-26)19-14-21(23)27-22(24-19)13-16(2)25-27/h3-7,13-14,17H,1,8-12,15,23H2,2H3. The lowest BCUT2D eigenvalue weighted by Crippen LogP contribution is -2.33. The Morgan fingerprint density at radius 2 is 2.04 bits per heavy atom. The Morgan fingerprint density at radius 3 is 2.82 bits per heavy atom. The maximum absolute atomic E-state index is 6.19. The van der Waals surface area contributed by atoms with E-state index in [1.807, 2.05) is 31.2 Å². The van der Waals surface area contributed by atoms with E-state index in [4.69, 9.17) is 15.5 Å². The van der Waals surface area contributed by atoms with Crippen molar-refractivity contribution in [2.75, 3.05) is 25.4 Å². The molecule has 1 saturated heterocycles. The van der Waals surface area contributed by atoms with Crippen LogP contribution in [-0.2, 0) is 6.54 Å². The van der Waals surface area contributed by atoms with E-state index in [9.17, 15) is 0 Å². The Balaban J connectivity index is 1.42. The zero-order valence-electron chi connectivity index (χ0n) is 16.3. The fourth-order valence-corrected chi connectivity index (χ4v) is 3.89. The third-order valence-electron chi connectivity index (χ3n) is 5.33. The molecular formula is C22H27N5O. The summed E-state index contributed by atoms with van der Waals surface area (Å²) in [6.45, 7) is 9.19. The number of anilines is 1. The van der Waals surface area contributed by atoms with E-state index in [0.717, 1.165) is 55.3 Å². The summed E-state index contributed by atoms with van der Waals surface area (Å²) in [4.78, 5) is 7.29. The quantitative estimate of drug-likeness (QED) is 0.665. The fraction of sp³-hybridized carbons (Fsp3) is 0.364. The van der Waals surface area contributed by atoms with Crippen LogP contribution < -0.4 is 10.5 Å². The molecule has 3 aromatic rings. The summed E-state index contributed by atoms with van der Waals surface area (Å²) >= 11 is 0. The van der Waals surface area contributed by atoms with E-state index in [1.54, 1.807) is 10.6 Å². The number of hydrogen-bond donors (Lipinski definition) is 1. The van der Waals surface area contributed by atoms with Crippen molar-refractivity contribution in [1.29, 1.82) is 0 Å². The highest BCUT2D eigenvalue weighted by molar-refractivity contribution is 5.48. The van der Waals surface area contributed by atoms with Gasteiger partial charge in [0.25, 0.3) is 0 Å². The van der Waals surface area contributed by atoms with Crippen LogP contribution in [0.15, 0.2) is 49.1 Å². The number of piperidine rings is 1. The van der Waals surface area contributed by atoms with Gasteiger partial charge < -0.3 is 10.5 Å². The van der Waals surface area contributed by atoms with Gasteiger partial charge in [-0.1, -0.05) is 30.9 Å². The maximum Gasteiger partial charge on any atom is 0.157 e. The van der Waals surface area contributed by atoms with Crippen LogP contribution in [-0.4, -0.2) is 39.2 Å². The highest BCUT2D eigenvalue weighted by atomic mass is 16.5. The minimum atomic E-state index is 0.436.